The SMILES string of the molecule is CCn1c(SCC(N)=O)nnc1[C@@H](NC(=O)c1ccccc1)C(C)C. The molecule has 7 nitrogen and oxygen atoms in total. The minimum Gasteiger partial charge on any atom is -0.369 e. The summed E-state index contributed by atoms with van der Waals surface area (Å²) in [6.45, 7) is 6.63. The molecule has 134 valence electrons. The standard InChI is InChI=1S/C17H23N5O2S/c1-4-22-15(20-21-17(22)25-10-13(18)23)14(11(2)3)19-16(24)12-8-6-5-7-9-12/h5-9,11,14H,4,10H2,1-3H3,(H2,18,23)(H,19,24)/t14-/m0/s1. The molecule has 8 heteroatoms. The fourth-order valence-electron chi connectivity index (χ4n) is 2.41. The van der Waals surface area contributed by atoms with Gasteiger partial charge >= 0.3 is 0 Å². The van der Waals surface area contributed by atoms with E-state index in [1.54, 1.807) is 12.1 Å². The van der Waals surface area contributed by atoms with Crippen molar-refractivity contribution in [3.05, 3.63) is 41.7 Å². The Bertz CT molecular complexity index is 730. The van der Waals surface area contributed by atoms with Crippen LogP contribution in [0.5, 0.6) is 0 Å². The molecule has 1 aromatic carbocycles. The van der Waals surface area contributed by atoms with Gasteiger partial charge in [-0.15, -0.1) is 10.2 Å². The lowest BCUT2D eigenvalue weighted by Gasteiger charge is -2.22. The molecule has 0 radical (unpaired) electrons. The second-order valence-electron chi connectivity index (χ2n) is 5.90. The van der Waals surface area contributed by atoms with Crippen LogP contribution in [0.15, 0.2) is 35.5 Å². The second-order valence-corrected chi connectivity index (χ2v) is 6.84. The van der Waals surface area contributed by atoms with E-state index in [2.05, 4.69) is 15.5 Å². The van der Waals surface area contributed by atoms with Gasteiger partial charge in [0, 0.05) is 12.1 Å². The molecule has 0 aliphatic rings. The molecule has 25 heavy (non-hydrogen) atoms. The first-order chi connectivity index (χ1) is 11.9. The van der Waals surface area contributed by atoms with Gasteiger partial charge in [-0.2, -0.15) is 0 Å². The first-order valence-electron chi connectivity index (χ1n) is 8.14. The lowest BCUT2D eigenvalue weighted by Crippen LogP contribution is -2.33. The number of aromatic nitrogens is 3. The number of nitrogens with zero attached hydrogens (tertiary/aromatic N) is 3. The van der Waals surface area contributed by atoms with Crippen LogP contribution in [0.3, 0.4) is 0 Å². The van der Waals surface area contributed by atoms with Crippen LogP contribution in [-0.4, -0.2) is 32.3 Å². The van der Waals surface area contributed by atoms with E-state index in [4.69, 9.17) is 5.73 Å². The summed E-state index contributed by atoms with van der Waals surface area (Å²) in [6.07, 6.45) is 0. The van der Waals surface area contributed by atoms with Gasteiger partial charge < -0.3 is 15.6 Å². The van der Waals surface area contributed by atoms with Crippen LogP contribution >= 0.6 is 11.8 Å². The van der Waals surface area contributed by atoms with Crippen molar-refractivity contribution in [1.82, 2.24) is 20.1 Å². The van der Waals surface area contributed by atoms with E-state index in [1.807, 2.05) is 43.5 Å². The van der Waals surface area contributed by atoms with Gasteiger partial charge in [0.2, 0.25) is 5.91 Å². The lowest BCUT2D eigenvalue weighted by molar-refractivity contribution is -0.115. The highest BCUT2D eigenvalue weighted by molar-refractivity contribution is 7.99. The topological polar surface area (TPSA) is 103 Å². The Kier molecular flexibility index (Phi) is 6.58. The Morgan fingerprint density at radius 3 is 2.48 bits per heavy atom. The Morgan fingerprint density at radius 1 is 1.24 bits per heavy atom. The van der Waals surface area contributed by atoms with Crippen molar-refractivity contribution in [1.29, 1.82) is 0 Å². The summed E-state index contributed by atoms with van der Waals surface area (Å²) >= 11 is 1.25. The minimum atomic E-state index is -0.407. The molecule has 2 amide bonds. The summed E-state index contributed by atoms with van der Waals surface area (Å²) in [4.78, 5) is 23.5. The van der Waals surface area contributed by atoms with Crippen molar-refractivity contribution in [2.45, 2.75) is 38.5 Å². The Hall–Kier alpha value is -2.35. The predicted molar refractivity (Wildman–Crippen MR) is 97.1 cm³/mol. The first kappa shape index (κ1) is 19.0. The molecule has 0 saturated heterocycles. The number of primary amides is 1. The number of rotatable bonds is 8. The lowest BCUT2D eigenvalue weighted by atomic mass is 10.0. The summed E-state index contributed by atoms with van der Waals surface area (Å²) in [5, 5.41) is 12.1. The molecule has 2 rings (SSSR count). The van der Waals surface area contributed by atoms with Crippen molar-refractivity contribution >= 4 is 23.6 Å². The van der Waals surface area contributed by atoms with Crippen molar-refractivity contribution in [2.24, 2.45) is 11.7 Å². The molecule has 3 N–H and O–H groups in total. The maximum absolute atomic E-state index is 12.5. The molecule has 1 atom stereocenters. The minimum absolute atomic E-state index is 0.121. The summed E-state index contributed by atoms with van der Waals surface area (Å²) < 4.78 is 1.91. The second kappa shape index (κ2) is 8.66. The number of nitrogens with two attached hydrogens (primary N) is 1. The van der Waals surface area contributed by atoms with Gasteiger partial charge in [-0.1, -0.05) is 43.8 Å². The zero-order valence-corrected chi connectivity index (χ0v) is 15.4. The fourth-order valence-corrected chi connectivity index (χ4v) is 3.16. The van der Waals surface area contributed by atoms with Gasteiger partial charge in [0.25, 0.3) is 5.91 Å². The van der Waals surface area contributed by atoms with E-state index >= 15 is 0 Å². The van der Waals surface area contributed by atoms with Crippen LogP contribution in [0.4, 0.5) is 0 Å². The summed E-state index contributed by atoms with van der Waals surface area (Å²) in [5.41, 5.74) is 5.80. The van der Waals surface area contributed by atoms with Crippen LogP contribution in [-0.2, 0) is 11.3 Å². The van der Waals surface area contributed by atoms with Crippen molar-refractivity contribution in [2.75, 3.05) is 5.75 Å². The largest absolute Gasteiger partial charge is 0.369 e. The average molecular weight is 361 g/mol. The Labute approximate surface area is 151 Å². The van der Waals surface area contributed by atoms with Gasteiger partial charge in [0.1, 0.15) is 0 Å². The highest BCUT2D eigenvalue weighted by Gasteiger charge is 2.26. The molecular weight excluding hydrogens is 338 g/mol. The fraction of sp³-hybridized carbons (Fsp3) is 0.412. The molecule has 0 fully saturated rings. The highest BCUT2D eigenvalue weighted by Crippen LogP contribution is 2.25. The van der Waals surface area contributed by atoms with Gasteiger partial charge in [0.05, 0.1) is 11.8 Å². The van der Waals surface area contributed by atoms with Crippen LogP contribution < -0.4 is 11.1 Å². The summed E-state index contributed by atoms with van der Waals surface area (Å²) in [5.74, 6) is 0.372. The monoisotopic (exact) mass is 361 g/mol. The van der Waals surface area contributed by atoms with Crippen molar-refractivity contribution in [3.63, 3.8) is 0 Å². The van der Waals surface area contributed by atoms with Gasteiger partial charge in [-0.3, -0.25) is 9.59 Å². The molecule has 0 saturated carbocycles. The van der Waals surface area contributed by atoms with E-state index < -0.39 is 5.91 Å². The van der Waals surface area contributed by atoms with Crippen molar-refractivity contribution in [3.8, 4) is 0 Å². The van der Waals surface area contributed by atoms with Gasteiger partial charge in [0.15, 0.2) is 11.0 Å². The number of hydrogen-bond acceptors (Lipinski definition) is 5. The van der Waals surface area contributed by atoms with Crippen LogP contribution in [0.1, 0.15) is 43.0 Å². The molecule has 0 bridgehead atoms. The first-order valence-corrected chi connectivity index (χ1v) is 9.12. The number of thioether (sulfide) groups is 1. The van der Waals surface area contributed by atoms with Crippen LogP contribution in [0, 0.1) is 5.92 Å². The molecule has 0 aliphatic carbocycles. The van der Waals surface area contributed by atoms with Crippen molar-refractivity contribution < 1.29 is 9.59 Å². The highest BCUT2D eigenvalue weighted by atomic mass is 32.2. The molecule has 0 spiro atoms. The summed E-state index contributed by atoms with van der Waals surface area (Å²) in [7, 11) is 0. The van der Waals surface area contributed by atoms with Gasteiger partial charge in [-0.05, 0) is 25.0 Å². The third-order valence-electron chi connectivity index (χ3n) is 3.67. The maximum Gasteiger partial charge on any atom is 0.251 e. The van der Waals surface area contributed by atoms with E-state index in [0.717, 1.165) is 0 Å². The van der Waals surface area contributed by atoms with E-state index in [1.165, 1.54) is 11.8 Å². The molecule has 0 unspecified atom stereocenters. The predicted octanol–water partition coefficient (Wildman–Crippen LogP) is 2.00. The molecular formula is C17H23N5O2S. The van der Waals surface area contributed by atoms with E-state index in [-0.39, 0.29) is 23.6 Å². The number of hydrogen-bond donors (Lipinski definition) is 2. The number of carbonyl (C=O) groups is 2. The third-order valence-corrected chi connectivity index (χ3v) is 4.66. The zero-order chi connectivity index (χ0) is 18.4. The van der Waals surface area contributed by atoms with E-state index in [9.17, 15) is 9.59 Å². The molecule has 2 aromatic rings. The van der Waals surface area contributed by atoms with E-state index in [0.29, 0.717) is 23.1 Å². The molecule has 1 heterocycles. The number of nitrogens with one attached hydrogen (secondary N) is 1. The normalized spacial score (nSPS) is 12.2. The Balaban J connectivity index is 2.25. The Morgan fingerprint density at radius 2 is 1.92 bits per heavy atom. The van der Waals surface area contributed by atoms with Crippen LogP contribution in [0.2, 0.25) is 0 Å². The average Bonchev–Trinajstić information content (AvgIpc) is 3.00. The molecule has 0 aliphatic heterocycles. The third kappa shape index (κ3) is 4.82. The number of benzene rings is 1. The van der Waals surface area contributed by atoms with Crippen LogP contribution in [0.25, 0.3) is 0 Å². The maximum atomic E-state index is 12.5. The molecule has 1 aromatic heterocycles. The quantitative estimate of drug-likeness (QED) is 0.700. The van der Waals surface area contributed by atoms with Gasteiger partial charge in [-0.25, -0.2) is 0 Å². The smallest absolute Gasteiger partial charge is 0.251 e. The number of amides is 2. The summed E-state index contributed by atoms with van der Waals surface area (Å²) in [6, 6.07) is 8.77. The zero-order valence-electron chi connectivity index (χ0n) is 14.6. The number of carbonyl (C=O) groups excluding carboxylic acids is 2.